The van der Waals surface area contributed by atoms with Crippen molar-refractivity contribution >= 4 is 17.5 Å². The summed E-state index contributed by atoms with van der Waals surface area (Å²) in [4.78, 5) is 25.3. The predicted octanol–water partition coefficient (Wildman–Crippen LogP) is 2.20. The lowest BCUT2D eigenvalue weighted by Crippen LogP contribution is -2.37. The van der Waals surface area contributed by atoms with Crippen LogP contribution in [-0.2, 0) is 9.59 Å². The molecule has 1 rings (SSSR count). The molecular weight excluding hydrogens is 256 g/mol. The molecule has 1 aromatic carbocycles. The monoisotopic (exact) mass is 278 g/mol. The maximum Gasteiger partial charge on any atom is 0.313 e. The van der Waals surface area contributed by atoms with Crippen LogP contribution in [0.5, 0.6) is 5.75 Å². The van der Waals surface area contributed by atoms with Gasteiger partial charge < -0.3 is 15.0 Å². The van der Waals surface area contributed by atoms with E-state index in [2.05, 4.69) is 5.32 Å². The van der Waals surface area contributed by atoms with Gasteiger partial charge in [0, 0.05) is 13.6 Å². The van der Waals surface area contributed by atoms with Gasteiger partial charge in [-0.2, -0.15) is 0 Å². The summed E-state index contributed by atoms with van der Waals surface area (Å²) in [5.41, 5.74) is 1.49. The zero-order valence-electron chi connectivity index (χ0n) is 12.5. The van der Waals surface area contributed by atoms with Gasteiger partial charge in [-0.05, 0) is 31.0 Å². The summed E-state index contributed by atoms with van der Waals surface area (Å²) < 4.78 is 5.17. The summed E-state index contributed by atoms with van der Waals surface area (Å²) in [7, 11) is 3.15. The summed E-state index contributed by atoms with van der Waals surface area (Å²) in [6.45, 7) is 4.52. The Balaban J connectivity index is 2.75. The fourth-order valence-electron chi connectivity index (χ4n) is 1.77. The number of methoxy groups -OCH3 is 1. The lowest BCUT2D eigenvalue weighted by atomic mass is 10.2. The van der Waals surface area contributed by atoms with Gasteiger partial charge in [0.15, 0.2) is 0 Å². The average molecular weight is 278 g/mol. The number of carbonyl (C=O) groups excluding carboxylic acids is 2. The molecule has 110 valence electrons. The van der Waals surface area contributed by atoms with E-state index in [0.29, 0.717) is 18.0 Å². The Kier molecular flexibility index (Phi) is 6.03. The first-order chi connectivity index (χ1) is 9.49. The maximum absolute atomic E-state index is 11.9. The summed E-state index contributed by atoms with van der Waals surface area (Å²) in [5, 5.41) is 2.60. The molecule has 1 aromatic rings. The lowest BCUT2D eigenvalue weighted by molar-refractivity contribution is -0.142. The van der Waals surface area contributed by atoms with Crippen LogP contribution < -0.4 is 10.1 Å². The van der Waals surface area contributed by atoms with Crippen molar-refractivity contribution in [2.24, 2.45) is 0 Å². The fraction of sp³-hybridized carbons (Fsp3) is 0.467. The third kappa shape index (κ3) is 4.26. The predicted molar refractivity (Wildman–Crippen MR) is 78.9 cm³/mol. The number of hydrogen-bond donors (Lipinski definition) is 1. The van der Waals surface area contributed by atoms with Crippen LogP contribution in [0.15, 0.2) is 18.2 Å². The first-order valence-electron chi connectivity index (χ1n) is 6.70. The van der Waals surface area contributed by atoms with Gasteiger partial charge in [-0.25, -0.2) is 0 Å². The van der Waals surface area contributed by atoms with Crippen molar-refractivity contribution in [3.8, 4) is 5.75 Å². The van der Waals surface area contributed by atoms with E-state index < -0.39 is 11.8 Å². The highest BCUT2D eigenvalue weighted by molar-refractivity contribution is 6.39. The molecule has 5 nitrogen and oxygen atoms in total. The molecule has 0 aromatic heterocycles. The number of likely N-dealkylation sites (N-methyl/N-ethyl adjacent to an activating group) is 1. The van der Waals surface area contributed by atoms with E-state index in [1.807, 2.05) is 19.9 Å². The second-order valence-electron chi connectivity index (χ2n) is 4.74. The second kappa shape index (κ2) is 7.53. The summed E-state index contributed by atoms with van der Waals surface area (Å²) in [6.07, 6.45) is 1.86. The molecule has 0 unspecified atom stereocenters. The Bertz CT molecular complexity index is 486. The zero-order valence-corrected chi connectivity index (χ0v) is 12.5. The van der Waals surface area contributed by atoms with Gasteiger partial charge in [0.05, 0.1) is 12.8 Å². The molecule has 0 saturated heterocycles. The Morgan fingerprint density at radius 1 is 1.35 bits per heavy atom. The Morgan fingerprint density at radius 2 is 2.05 bits per heavy atom. The number of benzene rings is 1. The first-order valence-corrected chi connectivity index (χ1v) is 6.70. The van der Waals surface area contributed by atoms with E-state index in [1.54, 1.807) is 19.2 Å². The van der Waals surface area contributed by atoms with E-state index in [1.165, 1.54) is 12.0 Å². The van der Waals surface area contributed by atoms with Crippen molar-refractivity contribution in [3.05, 3.63) is 23.8 Å². The van der Waals surface area contributed by atoms with Crippen LogP contribution in [0.1, 0.15) is 25.3 Å². The number of nitrogens with one attached hydrogen (secondary N) is 1. The van der Waals surface area contributed by atoms with Crippen molar-refractivity contribution in [2.45, 2.75) is 26.7 Å². The molecule has 0 saturated carbocycles. The minimum absolute atomic E-state index is 0.509. The number of ether oxygens (including phenoxy) is 1. The zero-order chi connectivity index (χ0) is 15.1. The first kappa shape index (κ1) is 16.0. The molecule has 20 heavy (non-hydrogen) atoms. The molecule has 0 radical (unpaired) electrons. The SMILES string of the molecule is CCCCN(C)C(=O)C(=O)Nc1cc(C)ccc1OC. The van der Waals surface area contributed by atoms with Crippen molar-refractivity contribution in [2.75, 3.05) is 26.0 Å². The molecule has 0 spiro atoms. The normalized spacial score (nSPS) is 10.0. The van der Waals surface area contributed by atoms with Crippen LogP contribution in [0.2, 0.25) is 0 Å². The number of amides is 2. The van der Waals surface area contributed by atoms with Crippen LogP contribution in [0.25, 0.3) is 0 Å². The van der Waals surface area contributed by atoms with Crippen molar-refractivity contribution < 1.29 is 14.3 Å². The average Bonchev–Trinajstić information content (AvgIpc) is 2.44. The molecule has 0 aliphatic carbocycles. The molecule has 0 bridgehead atoms. The number of anilines is 1. The molecule has 0 aliphatic rings. The quantitative estimate of drug-likeness (QED) is 0.840. The largest absolute Gasteiger partial charge is 0.495 e. The standard InChI is InChI=1S/C15H22N2O3/c1-5-6-9-17(3)15(19)14(18)16-12-10-11(2)7-8-13(12)20-4/h7-8,10H,5-6,9H2,1-4H3,(H,16,18). The molecule has 0 atom stereocenters. The van der Waals surface area contributed by atoms with Crippen molar-refractivity contribution in [3.63, 3.8) is 0 Å². The minimum atomic E-state index is -0.646. The van der Waals surface area contributed by atoms with Crippen LogP contribution in [0.3, 0.4) is 0 Å². The van der Waals surface area contributed by atoms with Crippen LogP contribution in [0.4, 0.5) is 5.69 Å². The highest BCUT2D eigenvalue weighted by Crippen LogP contribution is 2.25. The molecule has 0 heterocycles. The topological polar surface area (TPSA) is 58.6 Å². The molecule has 0 aliphatic heterocycles. The lowest BCUT2D eigenvalue weighted by Gasteiger charge is -2.17. The van der Waals surface area contributed by atoms with Gasteiger partial charge >= 0.3 is 11.8 Å². The Hall–Kier alpha value is -2.04. The molecular formula is C15H22N2O3. The number of unbranched alkanes of at least 4 members (excludes halogenated alkanes) is 1. The van der Waals surface area contributed by atoms with E-state index in [0.717, 1.165) is 18.4 Å². The van der Waals surface area contributed by atoms with E-state index >= 15 is 0 Å². The van der Waals surface area contributed by atoms with E-state index in [4.69, 9.17) is 4.74 Å². The number of nitrogens with zero attached hydrogens (tertiary/aromatic N) is 1. The molecule has 0 fully saturated rings. The van der Waals surface area contributed by atoms with Crippen molar-refractivity contribution in [1.82, 2.24) is 4.90 Å². The van der Waals surface area contributed by atoms with E-state index in [-0.39, 0.29) is 0 Å². The van der Waals surface area contributed by atoms with Gasteiger partial charge in [-0.3, -0.25) is 9.59 Å². The Morgan fingerprint density at radius 3 is 2.65 bits per heavy atom. The minimum Gasteiger partial charge on any atom is -0.495 e. The van der Waals surface area contributed by atoms with Gasteiger partial charge in [0.2, 0.25) is 0 Å². The number of carbonyl (C=O) groups is 2. The van der Waals surface area contributed by atoms with Crippen LogP contribution in [-0.4, -0.2) is 37.4 Å². The summed E-state index contributed by atoms with van der Waals surface area (Å²) in [6, 6.07) is 5.41. The summed E-state index contributed by atoms with van der Waals surface area (Å²) >= 11 is 0. The summed E-state index contributed by atoms with van der Waals surface area (Å²) in [5.74, 6) is -0.650. The smallest absolute Gasteiger partial charge is 0.313 e. The molecule has 5 heteroatoms. The van der Waals surface area contributed by atoms with Gasteiger partial charge in [-0.1, -0.05) is 19.4 Å². The third-order valence-electron chi connectivity index (χ3n) is 2.99. The fourth-order valence-corrected chi connectivity index (χ4v) is 1.77. The highest BCUT2D eigenvalue weighted by Gasteiger charge is 2.19. The maximum atomic E-state index is 11.9. The number of aryl methyl sites for hydroxylation is 1. The second-order valence-corrected chi connectivity index (χ2v) is 4.74. The third-order valence-corrected chi connectivity index (χ3v) is 2.99. The van der Waals surface area contributed by atoms with Gasteiger partial charge in [0.1, 0.15) is 5.75 Å². The Labute approximate surface area is 119 Å². The number of hydrogen-bond acceptors (Lipinski definition) is 3. The van der Waals surface area contributed by atoms with Gasteiger partial charge in [0.25, 0.3) is 0 Å². The molecule has 1 N–H and O–H groups in total. The van der Waals surface area contributed by atoms with Crippen molar-refractivity contribution in [1.29, 1.82) is 0 Å². The van der Waals surface area contributed by atoms with Crippen LogP contribution in [0, 0.1) is 6.92 Å². The van der Waals surface area contributed by atoms with Gasteiger partial charge in [-0.15, -0.1) is 0 Å². The molecule has 2 amide bonds. The van der Waals surface area contributed by atoms with Crippen LogP contribution >= 0.6 is 0 Å². The number of rotatable bonds is 5. The highest BCUT2D eigenvalue weighted by atomic mass is 16.5. The van der Waals surface area contributed by atoms with E-state index in [9.17, 15) is 9.59 Å².